The fourth-order valence-electron chi connectivity index (χ4n) is 2.36. The van der Waals surface area contributed by atoms with E-state index in [4.69, 9.17) is 0 Å². The van der Waals surface area contributed by atoms with Crippen LogP contribution in [0.4, 0.5) is 5.82 Å². The molecule has 7 heteroatoms. The number of rotatable bonds is 7. The van der Waals surface area contributed by atoms with Gasteiger partial charge in [-0.05, 0) is 25.5 Å². The lowest BCUT2D eigenvalue weighted by molar-refractivity contribution is -0.119. The first-order chi connectivity index (χ1) is 11.7. The molecule has 0 unspecified atom stereocenters. The summed E-state index contributed by atoms with van der Waals surface area (Å²) < 4.78 is 0. The van der Waals surface area contributed by atoms with Crippen LogP contribution in [0.2, 0.25) is 0 Å². The minimum Gasteiger partial charge on any atom is -0.360 e. The second-order valence-corrected chi connectivity index (χ2v) is 6.37. The third-order valence-corrected chi connectivity index (χ3v) is 4.54. The molecule has 1 amide bonds. The average molecular weight is 341 g/mol. The fourth-order valence-corrected chi connectivity index (χ4v) is 3.18. The van der Waals surface area contributed by atoms with Gasteiger partial charge in [-0.25, -0.2) is 15.0 Å². The van der Waals surface area contributed by atoms with Gasteiger partial charge in [-0.3, -0.25) is 4.79 Å². The minimum absolute atomic E-state index is 0.0481. The summed E-state index contributed by atoms with van der Waals surface area (Å²) in [5, 5.41) is 10.1. The number of nitrogens with zero attached hydrogens (tertiary/aromatic N) is 3. The Bertz CT molecular complexity index is 827. The number of hydrogen-bond acceptors (Lipinski definition) is 6. The largest absolute Gasteiger partial charge is 0.360 e. The molecule has 0 atom stereocenters. The maximum absolute atomic E-state index is 11.9. The third kappa shape index (κ3) is 4.26. The highest BCUT2D eigenvalue weighted by atomic mass is 32.1. The standard InChI is InChI=1S/C17H19N5OS/c1-12-10-24-16(22-12)7-4-8-18-15(23)9-19-17-13-5-2-3-6-14(13)20-11-21-17/h2-3,5-6,10-11H,4,7-9H2,1H3,(H,18,23)(H,19,20,21). The number of para-hydroxylation sites is 1. The summed E-state index contributed by atoms with van der Waals surface area (Å²) in [5.74, 6) is 0.627. The zero-order valence-electron chi connectivity index (χ0n) is 13.5. The van der Waals surface area contributed by atoms with Crippen molar-refractivity contribution in [2.45, 2.75) is 19.8 Å². The SMILES string of the molecule is Cc1csc(CCCNC(=O)CNc2ncnc3ccccc23)n1. The van der Waals surface area contributed by atoms with Crippen LogP contribution in [0, 0.1) is 6.92 Å². The topological polar surface area (TPSA) is 79.8 Å². The predicted molar refractivity (Wildman–Crippen MR) is 96.2 cm³/mol. The quantitative estimate of drug-likeness (QED) is 0.646. The molecule has 124 valence electrons. The van der Waals surface area contributed by atoms with Gasteiger partial charge in [0, 0.05) is 29.4 Å². The van der Waals surface area contributed by atoms with E-state index in [1.807, 2.05) is 36.6 Å². The van der Waals surface area contributed by atoms with E-state index < -0.39 is 0 Å². The zero-order valence-corrected chi connectivity index (χ0v) is 14.3. The highest BCUT2D eigenvalue weighted by Crippen LogP contribution is 2.17. The first-order valence-electron chi connectivity index (χ1n) is 7.84. The lowest BCUT2D eigenvalue weighted by atomic mass is 10.2. The van der Waals surface area contributed by atoms with Gasteiger partial charge in [-0.15, -0.1) is 11.3 Å². The maximum atomic E-state index is 11.9. The van der Waals surface area contributed by atoms with Crippen LogP contribution in [0.1, 0.15) is 17.1 Å². The molecule has 3 aromatic rings. The first-order valence-corrected chi connectivity index (χ1v) is 8.71. The van der Waals surface area contributed by atoms with Gasteiger partial charge in [0.25, 0.3) is 0 Å². The van der Waals surface area contributed by atoms with Gasteiger partial charge in [-0.1, -0.05) is 12.1 Å². The van der Waals surface area contributed by atoms with Crippen molar-refractivity contribution < 1.29 is 4.79 Å². The van der Waals surface area contributed by atoms with Gasteiger partial charge >= 0.3 is 0 Å². The summed E-state index contributed by atoms with van der Waals surface area (Å²) in [6.07, 6.45) is 3.27. The molecule has 1 aromatic carbocycles. The summed E-state index contributed by atoms with van der Waals surface area (Å²) in [7, 11) is 0. The Balaban J connectivity index is 1.43. The van der Waals surface area contributed by atoms with Gasteiger partial charge in [0.2, 0.25) is 5.91 Å². The number of hydrogen-bond donors (Lipinski definition) is 2. The average Bonchev–Trinajstić information content (AvgIpc) is 3.02. The molecule has 0 spiro atoms. The number of amides is 1. The van der Waals surface area contributed by atoms with Crippen LogP contribution >= 0.6 is 11.3 Å². The molecule has 0 radical (unpaired) electrons. The molecular weight excluding hydrogens is 322 g/mol. The van der Waals surface area contributed by atoms with Crippen molar-refractivity contribution in [3.8, 4) is 0 Å². The lowest BCUT2D eigenvalue weighted by Gasteiger charge is -2.08. The van der Waals surface area contributed by atoms with Crippen molar-refractivity contribution in [1.29, 1.82) is 0 Å². The van der Waals surface area contributed by atoms with Gasteiger partial charge in [0.15, 0.2) is 0 Å². The molecule has 24 heavy (non-hydrogen) atoms. The molecule has 2 aromatic heterocycles. The molecular formula is C17H19N5OS. The summed E-state index contributed by atoms with van der Waals surface area (Å²) in [4.78, 5) is 24.8. The van der Waals surface area contributed by atoms with E-state index in [0.717, 1.165) is 34.4 Å². The number of carbonyl (C=O) groups excluding carboxylic acids is 1. The Morgan fingerprint density at radius 3 is 2.96 bits per heavy atom. The normalized spacial score (nSPS) is 10.7. The summed E-state index contributed by atoms with van der Waals surface area (Å²) in [5.41, 5.74) is 1.91. The monoisotopic (exact) mass is 341 g/mol. The van der Waals surface area contributed by atoms with Crippen LogP contribution in [0.3, 0.4) is 0 Å². The van der Waals surface area contributed by atoms with Gasteiger partial charge in [0.1, 0.15) is 12.1 Å². The second kappa shape index (κ2) is 7.83. The smallest absolute Gasteiger partial charge is 0.239 e. The van der Waals surface area contributed by atoms with Crippen molar-refractivity contribution in [2.75, 3.05) is 18.4 Å². The Morgan fingerprint density at radius 1 is 1.25 bits per heavy atom. The van der Waals surface area contributed by atoms with E-state index in [2.05, 4.69) is 25.6 Å². The van der Waals surface area contributed by atoms with Crippen molar-refractivity contribution in [2.24, 2.45) is 0 Å². The molecule has 0 bridgehead atoms. The van der Waals surface area contributed by atoms with E-state index in [9.17, 15) is 4.79 Å². The minimum atomic E-state index is -0.0481. The Morgan fingerprint density at radius 2 is 2.12 bits per heavy atom. The molecule has 3 rings (SSSR count). The highest BCUT2D eigenvalue weighted by Gasteiger charge is 2.05. The summed E-state index contributed by atoms with van der Waals surface area (Å²) in [6, 6.07) is 7.71. The highest BCUT2D eigenvalue weighted by molar-refractivity contribution is 7.09. The van der Waals surface area contributed by atoms with E-state index in [1.165, 1.54) is 6.33 Å². The van der Waals surface area contributed by atoms with Gasteiger partial charge < -0.3 is 10.6 Å². The van der Waals surface area contributed by atoms with Crippen LogP contribution in [-0.4, -0.2) is 33.9 Å². The number of nitrogens with one attached hydrogen (secondary N) is 2. The van der Waals surface area contributed by atoms with E-state index in [0.29, 0.717) is 12.4 Å². The van der Waals surface area contributed by atoms with Crippen molar-refractivity contribution in [3.63, 3.8) is 0 Å². The van der Waals surface area contributed by atoms with E-state index in [-0.39, 0.29) is 12.5 Å². The van der Waals surface area contributed by atoms with Crippen LogP contribution in [0.5, 0.6) is 0 Å². The second-order valence-electron chi connectivity index (χ2n) is 5.43. The molecule has 0 saturated heterocycles. The predicted octanol–water partition coefficient (Wildman–Crippen LogP) is 2.56. The molecule has 0 aliphatic heterocycles. The molecule has 0 aliphatic rings. The molecule has 0 aliphatic carbocycles. The number of benzene rings is 1. The van der Waals surface area contributed by atoms with Crippen molar-refractivity contribution >= 4 is 34.0 Å². The number of carbonyl (C=O) groups is 1. The molecule has 0 saturated carbocycles. The number of thiazole rings is 1. The van der Waals surface area contributed by atoms with Crippen LogP contribution in [0.15, 0.2) is 36.0 Å². The Labute approximate surface area is 144 Å². The van der Waals surface area contributed by atoms with Gasteiger partial charge in [0.05, 0.1) is 17.1 Å². The number of anilines is 1. The van der Waals surface area contributed by atoms with Crippen LogP contribution in [0.25, 0.3) is 10.9 Å². The van der Waals surface area contributed by atoms with Crippen LogP contribution in [-0.2, 0) is 11.2 Å². The van der Waals surface area contributed by atoms with E-state index in [1.54, 1.807) is 11.3 Å². The Hall–Kier alpha value is -2.54. The summed E-state index contributed by atoms with van der Waals surface area (Å²) in [6.45, 7) is 2.82. The number of aryl methyl sites for hydroxylation is 2. The number of aromatic nitrogens is 3. The molecule has 2 heterocycles. The molecule has 6 nitrogen and oxygen atoms in total. The third-order valence-electron chi connectivity index (χ3n) is 3.52. The van der Waals surface area contributed by atoms with Crippen molar-refractivity contribution in [1.82, 2.24) is 20.3 Å². The Kier molecular flexibility index (Phi) is 5.32. The molecule has 0 fully saturated rings. The fraction of sp³-hybridized carbons (Fsp3) is 0.294. The lowest BCUT2D eigenvalue weighted by Crippen LogP contribution is -2.31. The summed E-state index contributed by atoms with van der Waals surface area (Å²) >= 11 is 1.67. The first kappa shape index (κ1) is 16.3. The van der Waals surface area contributed by atoms with Gasteiger partial charge in [-0.2, -0.15) is 0 Å². The zero-order chi connectivity index (χ0) is 16.8. The van der Waals surface area contributed by atoms with Crippen LogP contribution < -0.4 is 10.6 Å². The number of fused-ring (bicyclic) bond motifs is 1. The van der Waals surface area contributed by atoms with E-state index >= 15 is 0 Å². The maximum Gasteiger partial charge on any atom is 0.239 e. The van der Waals surface area contributed by atoms with Crippen molar-refractivity contribution in [3.05, 3.63) is 46.7 Å². The molecule has 2 N–H and O–H groups in total.